The monoisotopic (exact) mass is 258 g/mol. The second-order valence-electron chi connectivity index (χ2n) is 4.66. The number of urea groups is 1. The fraction of sp³-hybridized carbons (Fsp3) is 0.833. The number of rotatable bonds is 5. The first-order valence-electron chi connectivity index (χ1n) is 6.35. The predicted molar refractivity (Wildman–Crippen MR) is 66.4 cm³/mol. The summed E-state index contributed by atoms with van der Waals surface area (Å²) in [7, 11) is 1.65. The molecule has 0 aromatic carbocycles. The Kier molecular flexibility index (Phi) is 5.91. The summed E-state index contributed by atoms with van der Waals surface area (Å²) >= 11 is 0. The van der Waals surface area contributed by atoms with Gasteiger partial charge in [0.05, 0.1) is 6.61 Å². The summed E-state index contributed by atoms with van der Waals surface area (Å²) in [5.41, 5.74) is 0. The minimum Gasteiger partial charge on any atom is -0.480 e. The van der Waals surface area contributed by atoms with Gasteiger partial charge >= 0.3 is 12.0 Å². The van der Waals surface area contributed by atoms with Crippen molar-refractivity contribution in [2.75, 3.05) is 26.8 Å². The minimum absolute atomic E-state index is 0.287. The quantitative estimate of drug-likeness (QED) is 0.768. The number of likely N-dealkylation sites (tertiary alicyclic amines) is 1. The van der Waals surface area contributed by atoms with E-state index in [2.05, 4.69) is 5.32 Å². The van der Waals surface area contributed by atoms with E-state index in [1.807, 2.05) is 0 Å². The molecule has 0 aromatic heterocycles. The zero-order valence-corrected chi connectivity index (χ0v) is 11.0. The molecule has 0 bridgehead atoms. The van der Waals surface area contributed by atoms with Gasteiger partial charge < -0.3 is 20.1 Å². The lowest BCUT2D eigenvalue weighted by atomic mass is 9.99. The summed E-state index contributed by atoms with van der Waals surface area (Å²) in [6, 6.07) is -1.09. The highest BCUT2D eigenvalue weighted by molar-refractivity contribution is 5.82. The van der Waals surface area contributed by atoms with Crippen molar-refractivity contribution in [1.29, 1.82) is 0 Å². The molecule has 0 aliphatic carbocycles. The van der Waals surface area contributed by atoms with Gasteiger partial charge in [-0.1, -0.05) is 6.92 Å². The van der Waals surface area contributed by atoms with Crippen LogP contribution in [0.4, 0.5) is 4.79 Å². The lowest BCUT2D eigenvalue weighted by Gasteiger charge is -2.33. The summed E-state index contributed by atoms with van der Waals surface area (Å²) in [6.07, 6.45) is 2.37. The molecule has 1 aliphatic rings. The predicted octanol–water partition coefficient (Wildman–Crippen LogP) is 0.918. The minimum atomic E-state index is -0.990. The molecule has 2 unspecified atom stereocenters. The van der Waals surface area contributed by atoms with Crippen molar-refractivity contribution in [2.45, 2.75) is 32.2 Å². The molecule has 1 aliphatic heterocycles. The van der Waals surface area contributed by atoms with E-state index in [-0.39, 0.29) is 6.03 Å². The molecule has 1 heterocycles. The topological polar surface area (TPSA) is 78.9 Å². The van der Waals surface area contributed by atoms with E-state index in [1.165, 1.54) is 0 Å². The van der Waals surface area contributed by atoms with E-state index in [1.54, 1.807) is 18.9 Å². The summed E-state index contributed by atoms with van der Waals surface area (Å²) in [5.74, 6) is -0.643. The van der Waals surface area contributed by atoms with Crippen LogP contribution in [0.2, 0.25) is 0 Å². The summed E-state index contributed by atoms with van der Waals surface area (Å²) in [4.78, 5) is 24.5. The largest absolute Gasteiger partial charge is 0.480 e. The number of carboxylic acid groups (broad SMARTS) is 1. The molecule has 6 nitrogen and oxygen atoms in total. The van der Waals surface area contributed by atoms with Gasteiger partial charge in [0.15, 0.2) is 0 Å². The molecule has 0 spiro atoms. The molecule has 18 heavy (non-hydrogen) atoms. The van der Waals surface area contributed by atoms with Gasteiger partial charge in [0, 0.05) is 26.1 Å². The fourth-order valence-electron chi connectivity index (χ4n) is 2.20. The van der Waals surface area contributed by atoms with E-state index >= 15 is 0 Å². The molecular formula is C12H22N2O4. The number of carbonyl (C=O) groups excluding carboxylic acids is 1. The van der Waals surface area contributed by atoms with Crippen molar-refractivity contribution < 1.29 is 19.4 Å². The SMILES string of the molecule is CCC(NC(=O)N1CCCC(COC)C1)C(=O)O. The Balaban J connectivity index is 2.47. The Bertz CT molecular complexity index is 294. The maximum absolute atomic E-state index is 11.9. The highest BCUT2D eigenvalue weighted by Gasteiger charge is 2.26. The van der Waals surface area contributed by atoms with Crippen molar-refractivity contribution in [3.63, 3.8) is 0 Å². The summed E-state index contributed by atoms with van der Waals surface area (Å²) < 4.78 is 5.10. The molecule has 2 atom stereocenters. The van der Waals surface area contributed by atoms with Crippen LogP contribution in [0.5, 0.6) is 0 Å². The second-order valence-corrected chi connectivity index (χ2v) is 4.66. The van der Waals surface area contributed by atoms with Crippen LogP contribution in [-0.4, -0.2) is 54.9 Å². The van der Waals surface area contributed by atoms with Crippen LogP contribution in [0, 0.1) is 5.92 Å². The van der Waals surface area contributed by atoms with E-state index in [0.717, 1.165) is 12.8 Å². The van der Waals surface area contributed by atoms with Crippen LogP contribution in [-0.2, 0) is 9.53 Å². The number of ether oxygens (including phenoxy) is 1. The van der Waals surface area contributed by atoms with Gasteiger partial charge in [-0.2, -0.15) is 0 Å². The van der Waals surface area contributed by atoms with Gasteiger partial charge in [0.25, 0.3) is 0 Å². The number of nitrogens with one attached hydrogen (secondary N) is 1. The molecule has 0 radical (unpaired) electrons. The lowest BCUT2D eigenvalue weighted by molar-refractivity contribution is -0.139. The smallest absolute Gasteiger partial charge is 0.326 e. The number of hydrogen-bond acceptors (Lipinski definition) is 3. The van der Waals surface area contributed by atoms with E-state index < -0.39 is 12.0 Å². The normalized spacial score (nSPS) is 21.4. The van der Waals surface area contributed by atoms with Gasteiger partial charge in [-0.3, -0.25) is 0 Å². The number of nitrogens with zero attached hydrogens (tertiary/aromatic N) is 1. The Morgan fingerprint density at radius 1 is 1.56 bits per heavy atom. The average Bonchev–Trinajstić information content (AvgIpc) is 2.36. The first kappa shape index (κ1) is 14.8. The second kappa shape index (κ2) is 7.20. The lowest BCUT2D eigenvalue weighted by Crippen LogP contribution is -2.51. The molecule has 6 heteroatoms. The molecule has 104 valence electrons. The van der Waals surface area contributed by atoms with E-state index in [9.17, 15) is 9.59 Å². The van der Waals surface area contributed by atoms with E-state index in [0.29, 0.717) is 32.0 Å². The molecule has 2 amide bonds. The number of hydrogen-bond donors (Lipinski definition) is 2. The van der Waals surface area contributed by atoms with Crippen molar-refractivity contribution >= 4 is 12.0 Å². The van der Waals surface area contributed by atoms with Gasteiger partial charge in [-0.25, -0.2) is 9.59 Å². The zero-order valence-electron chi connectivity index (χ0n) is 11.0. The molecule has 2 N–H and O–H groups in total. The third-order valence-electron chi connectivity index (χ3n) is 3.21. The van der Waals surface area contributed by atoms with Crippen molar-refractivity contribution in [3.05, 3.63) is 0 Å². The van der Waals surface area contributed by atoms with Crippen LogP contribution in [0.15, 0.2) is 0 Å². The Morgan fingerprint density at radius 2 is 2.28 bits per heavy atom. The molecule has 0 saturated carbocycles. The fourth-order valence-corrected chi connectivity index (χ4v) is 2.20. The van der Waals surface area contributed by atoms with Crippen LogP contribution < -0.4 is 5.32 Å². The third-order valence-corrected chi connectivity index (χ3v) is 3.21. The number of carbonyl (C=O) groups is 2. The van der Waals surface area contributed by atoms with Crippen molar-refractivity contribution in [1.82, 2.24) is 10.2 Å². The van der Waals surface area contributed by atoms with Gasteiger partial charge in [-0.15, -0.1) is 0 Å². The molecule has 0 aromatic rings. The first-order chi connectivity index (χ1) is 8.58. The maximum atomic E-state index is 11.9. The third kappa shape index (κ3) is 4.18. The molecule has 1 rings (SSSR count). The number of carboxylic acids is 1. The number of aliphatic carboxylic acids is 1. The molecule has 1 saturated heterocycles. The average molecular weight is 258 g/mol. The Labute approximate surface area is 107 Å². The first-order valence-corrected chi connectivity index (χ1v) is 6.35. The summed E-state index contributed by atoms with van der Waals surface area (Å²) in [6.45, 7) is 3.70. The number of amides is 2. The number of piperidine rings is 1. The molecular weight excluding hydrogens is 236 g/mol. The Morgan fingerprint density at radius 3 is 2.83 bits per heavy atom. The van der Waals surface area contributed by atoms with Crippen LogP contribution >= 0.6 is 0 Å². The van der Waals surface area contributed by atoms with E-state index in [4.69, 9.17) is 9.84 Å². The van der Waals surface area contributed by atoms with Crippen LogP contribution in [0.25, 0.3) is 0 Å². The maximum Gasteiger partial charge on any atom is 0.326 e. The number of methoxy groups -OCH3 is 1. The van der Waals surface area contributed by atoms with Gasteiger partial charge in [-0.05, 0) is 19.3 Å². The van der Waals surface area contributed by atoms with Gasteiger partial charge in [0.1, 0.15) is 6.04 Å². The van der Waals surface area contributed by atoms with Crippen molar-refractivity contribution in [2.24, 2.45) is 5.92 Å². The van der Waals surface area contributed by atoms with Gasteiger partial charge in [0.2, 0.25) is 0 Å². The zero-order chi connectivity index (χ0) is 13.5. The van der Waals surface area contributed by atoms with Crippen LogP contribution in [0.3, 0.4) is 0 Å². The highest BCUT2D eigenvalue weighted by atomic mass is 16.5. The standard InChI is InChI=1S/C12H22N2O4/c1-3-10(11(15)16)13-12(17)14-6-4-5-9(7-14)8-18-2/h9-10H,3-8H2,1-2H3,(H,13,17)(H,15,16). The summed E-state index contributed by atoms with van der Waals surface area (Å²) in [5, 5.41) is 11.4. The highest BCUT2D eigenvalue weighted by Crippen LogP contribution is 2.16. The Hall–Kier alpha value is -1.30. The molecule has 1 fully saturated rings. The van der Waals surface area contributed by atoms with Crippen molar-refractivity contribution in [3.8, 4) is 0 Å². The van der Waals surface area contributed by atoms with Crippen LogP contribution in [0.1, 0.15) is 26.2 Å².